The monoisotopic (exact) mass is 306 g/mol. The Labute approximate surface area is 130 Å². The van der Waals surface area contributed by atoms with Gasteiger partial charge in [0.05, 0.1) is 25.5 Å². The molecule has 3 rings (SSSR count). The van der Waals surface area contributed by atoms with Crippen molar-refractivity contribution in [3.05, 3.63) is 24.3 Å². The minimum Gasteiger partial charge on any atom is -0.382 e. The molecule has 0 aliphatic carbocycles. The molecule has 1 aromatic rings. The Morgan fingerprint density at radius 2 is 2.23 bits per heavy atom. The Bertz CT molecular complexity index is 499. The lowest BCUT2D eigenvalue weighted by Crippen LogP contribution is -2.52. The maximum absolute atomic E-state index is 12.4. The van der Waals surface area contributed by atoms with Crippen molar-refractivity contribution in [3.8, 4) is 0 Å². The highest BCUT2D eigenvalue weighted by atomic mass is 16.5. The van der Waals surface area contributed by atoms with Crippen LogP contribution in [0.15, 0.2) is 18.6 Å². The topological polar surface area (TPSA) is 67.8 Å². The molecule has 1 aromatic heterocycles. The zero-order valence-corrected chi connectivity index (χ0v) is 12.9. The van der Waals surface area contributed by atoms with Gasteiger partial charge in [0.2, 0.25) is 0 Å². The second kappa shape index (κ2) is 7.13. The third kappa shape index (κ3) is 3.43. The first kappa shape index (κ1) is 15.3. The summed E-state index contributed by atoms with van der Waals surface area (Å²) in [5, 5.41) is 0. The van der Waals surface area contributed by atoms with Crippen molar-refractivity contribution in [1.82, 2.24) is 19.8 Å². The number of piperazine rings is 1. The minimum absolute atomic E-state index is 0.0310. The van der Waals surface area contributed by atoms with Gasteiger partial charge in [-0.1, -0.05) is 0 Å². The van der Waals surface area contributed by atoms with Gasteiger partial charge < -0.3 is 14.4 Å². The van der Waals surface area contributed by atoms with Gasteiger partial charge in [0.25, 0.3) is 5.91 Å². The molecule has 0 spiro atoms. The van der Waals surface area contributed by atoms with Gasteiger partial charge in [-0.2, -0.15) is 0 Å². The molecule has 120 valence electrons. The van der Waals surface area contributed by atoms with Crippen molar-refractivity contribution >= 4 is 5.91 Å². The average molecular weight is 306 g/mol. The molecule has 1 amide bonds. The van der Waals surface area contributed by atoms with Crippen LogP contribution in [0.3, 0.4) is 0 Å². The van der Waals surface area contributed by atoms with E-state index in [1.165, 1.54) is 6.20 Å². The van der Waals surface area contributed by atoms with Crippen LogP contribution in [0.5, 0.6) is 0 Å². The number of nitrogens with zero attached hydrogens (tertiary/aromatic N) is 4. The Hall–Kier alpha value is -1.57. The Kier molecular flexibility index (Phi) is 4.97. The van der Waals surface area contributed by atoms with Crippen LogP contribution in [0, 0.1) is 0 Å². The quantitative estimate of drug-likeness (QED) is 0.716. The van der Waals surface area contributed by atoms with Crippen molar-refractivity contribution in [1.29, 1.82) is 0 Å². The van der Waals surface area contributed by atoms with Crippen LogP contribution in [0.25, 0.3) is 0 Å². The first-order chi connectivity index (χ1) is 10.8. The third-order valence-electron chi connectivity index (χ3n) is 4.29. The predicted molar refractivity (Wildman–Crippen MR) is 79.5 cm³/mol. The maximum atomic E-state index is 12.4. The summed E-state index contributed by atoms with van der Waals surface area (Å²) in [5.74, 6) is -0.0310. The molecular weight excluding hydrogens is 284 g/mol. The predicted octanol–water partition coefficient (Wildman–Crippen LogP) is 0.0383. The zero-order valence-electron chi connectivity index (χ0n) is 12.9. The molecule has 22 heavy (non-hydrogen) atoms. The SMILES string of the molecule is COCCO[C@@H]1C[C@@H]2CN(C(=O)c3cnccn3)CCN2C1. The lowest BCUT2D eigenvalue weighted by Gasteiger charge is -2.37. The van der Waals surface area contributed by atoms with Crippen LogP contribution in [0.4, 0.5) is 0 Å². The molecule has 2 aliphatic rings. The molecule has 0 aromatic carbocycles. The number of hydrogen-bond donors (Lipinski definition) is 0. The van der Waals surface area contributed by atoms with Gasteiger partial charge in [-0.3, -0.25) is 14.7 Å². The van der Waals surface area contributed by atoms with E-state index in [2.05, 4.69) is 14.9 Å². The molecule has 0 radical (unpaired) electrons. The number of rotatable bonds is 5. The van der Waals surface area contributed by atoms with Crippen LogP contribution < -0.4 is 0 Å². The van der Waals surface area contributed by atoms with E-state index in [0.717, 1.165) is 32.6 Å². The molecule has 0 saturated carbocycles. The van der Waals surface area contributed by atoms with Gasteiger partial charge in [0.1, 0.15) is 5.69 Å². The van der Waals surface area contributed by atoms with E-state index in [9.17, 15) is 4.79 Å². The molecule has 7 heteroatoms. The van der Waals surface area contributed by atoms with Crippen LogP contribution in [0.2, 0.25) is 0 Å². The van der Waals surface area contributed by atoms with E-state index in [-0.39, 0.29) is 12.0 Å². The van der Waals surface area contributed by atoms with Gasteiger partial charge in [-0.25, -0.2) is 4.98 Å². The summed E-state index contributed by atoms with van der Waals surface area (Å²) < 4.78 is 10.8. The zero-order chi connectivity index (χ0) is 15.4. The van der Waals surface area contributed by atoms with Gasteiger partial charge in [-0.05, 0) is 6.42 Å². The lowest BCUT2D eigenvalue weighted by atomic mass is 10.1. The average Bonchev–Trinajstić information content (AvgIpc) is 2.97. The fourth-order valence-electron chi connectivity index (χ4n) is 3.17. The van der Waals surface area contributed by atoms with Crippen molar-refractivity contribution in [2.24, 2.45) is 0 Å². The van der Waals surface area contributed by atoms with Crippen molar-refractivity contribution < 1.29 is 14.3 Å². The lowest BCUT2D eigenvalue weighted by molar-refractivity contribution is 0.0220. The smallest absolute Gasteiger partial charge is 0.274 e. The number of amides is 1. The summed E-state index contributed by atoms with van der Waals surface area (Å²) in [4.78, 5) is 24.8. The largest absolute Gasteiger partial charge is 0.382 e. The summed E-state index contributed by atoms with van der Waals surface area (Å²) in [6, 6.07) is 0.377. The van der Waals surface area contributed by atoms with Crippen LogP contribution in [-0.4, -0.2) is 84.3 Å². The summed E-state index contributed by atoms with van der Waals surface area (Å²) in [7, 11) is 1.68. The molecular formula is C15H22N4O3. The van der Waals surface area contributed by atoms with Gasteiger partial charge in [-0.15, -0.1) is 0 Å². The molecule has 2 fully saturated rings. The number of methoxy groups -OCH3 is 1. The Balaban J connectivity index is 1.54. The number of hydrogen-bond acceptors (Lipinski definition) is 6. The summed E-state index contributed by atoms with van der Waals surface area (Å²) in [5.41, 5.74) is 0.418. The highest BCUT2D eigenvalue weighted by molar-refractivity contribution is 5.92. The normalized spacial score (nSPS) is 25.2. The van der Waals surface area contributed by atoms with E-state index < -0.39 is 0 Å². The van der Waals surface area contributed by atoms with Crippen LogP contribution in [-0.2, 0) is 9.47 Å². The van der Waals surface area contributed by atoms with Gasteiger partial charge in [0.15, 0.2) is 0 Å². The molecule has 2 aliphatic heterocycles. The van der Waals surface area contributed by atoms with Crippen molar-refractivity contribution in [2.45, 2.75) is 18.6 Å². The van der Waals surface area contributed by atoms with E-state index >= 15 is 0 Å². The third-order valence-corrected chi connectivity index (χ3v) is 4.29. The van der Waals surface area contributed by atoms with E-state index in [1.807, 2.05) is 4.90 Å². The Morgan fingerprint density at radius 1 is 1.32 bits per heavy atom. The number of fused-ring (bicyclic) bond motifs is 1. The molecule has 7 nitrogen and oxygen atoms in total. The molecule has 0 unspecified atom stereocenters. The number of aromatic nitrogens is 2. The molecule has 0 N–H and O–H groups in total. The van der Waals surface area contributed by atoms with Crippen molar-refractivity contribution in [2.75, 3.05) is 46.5 Å². The first-order valence-electron chi connectivity index (χ1n) is 7.68. The molecule has 0 bridgehead atoms. The second-order valence-electron chi connectivity index (χ2n) is 5.71. The highest BCUT2D eigenvalue weighted by Crippen LogP contribution is 2.24. The number of carbonyl (C=O) groups excluding carboxylic acids is 1. The van der Waals surface area contributed by atoms with E-state index in [0.29, 0.717) is 24.9 Å². The molecule has 2 atom stereocenters. The standard InChI is InChI=1S/C15H22N4O3/c1-21-6-7-22-13-8-12-10-19(5-4-18(12)11-13)15(20)14-9-16-2-3-17-14/h2-3,9,12-13H,4-8,10-11H2,1H3/t12-,13-/m1/s1. The highest BCUT2D eigenvalue weighted by Gasteiger charge is 2.38. The van der Waals surface area contributed by atoms with Crippen LogP contribution in [0.1, 0.15) is 16.9 Å². The maximum Gasteiger partial charge on any atom is 0.274 e. The van der Waals surface area contributed by atoms with Crippen molar-refractivity contribution in [3.63, 3.8) is 0 Å². The van der Waals surface area contributed by atoms with E-state index in [1.54, 1.807) is 19.5 Å². The fraction of sp³-hybridized carbons (Fsp3) is 0.667. The summed E-state index contributed by atoms with van der Waals surface area (Å²) >= 11 is 0. The summed E-state index contributed by atoms with van der Waals surface area (Å²) in [6.45, 7) is 4.56. The molecule has 2 saturated heterocycles. The van der Waals surface area contributed by atoms with Gasteiger partial charge >= 0.3 is 0 Å². The first-order valence-corrected chi connectivity index (χ1v) is 7.68. The summed E-state index contributed by atoms with van der Waals surface area (Å²) in [6.07, 6.45) is 5.87. The minimum atomic E-state index is -0.0310. The second-order valence-corrected chi connectivity index (χ2v) is 5.71. The molecule has 3 heterocycles. The Morgan fingerprint density at radius 3 is 3.00 bits per heavy atom. The number of ether oxygens (including phenoxy) is 2. The van der Waals surface area contributed by atoms with Gasteiger partial charge in [0, 0.05) is 51.7 Å². The fourth-order valence-corrected chi connectivity index (χ4v) is 3.17. The number of carbonyl (C=O) groups is 1. The van der Waals surface area contributed by atoms with E-state index in [4.69, 9.17) is 9.47 Å². The van der Waals surface area contributed by atoms with Crippen LogP contribution >= 0.6 is 0 Å².